The first-order valence-electron chi connectivity index (χ1n) is 5.90. The molecule has 0 spiro atoms. The van der Waals surface area contributed by atoms with E-state index in [1.165, 1.54) is 19.2 Å². The van der Waals surface area contributed by atoms with Gasteiger partial charge in [0.15, 0.2) is 11.6 Å². The number of hydrogen-bond acceptors (Lipinski definition) is 3. The number of ether oxygens (including phenoxy) is 1. The number of benzene rings is 2. The van der Waals surface area contributed by atoms with Gasteiger partial charge in [0, 0.05) is 6.54 Å². The third kappa shape index (κ3) is 2.86. The van der Waals surface area contributed by atoms with Gasteiger partial charge in [-0.2, -0.15) is 5.26 Å². The molecule has 0 heterocycles. The standard InChI is InChI=1S/C15H12F2N2O/c1-20-14-6-5-10(7-11(14)8-18)9-19-13-4-2-3-12(16)15(13)17/h2-7,19H,9H2,1H3. The van der Waals surface area contributed by atoms with Crippen LogP contribution in [0.3, 0.4) is 0 Å². The van der Waals surface area contributed by atoms with Crippen LogP contribution in [-0.4, -0.2) is 7.11 Å². The molecular weight excluding hydrogens is 262 g/mol. The summed E-state index contributed by atoms with van der Waals surface area (Å²) in [6.45, 7) is 0.277. The molecule has 5 heteroatoms. The number of hydrogen-bond donors (Lipinski definition) is 1. The smallest absolute Gasteiger partial charge is 0.181 e. The number of nitrogens with one attached hydrogen (secondary N) is 1. The Balaban J connectivity index is 2.15. The molecule has 0 amide bonds. The summed E-state index contributed by atoms with van der Waals surface area (Å²) < 4.78 is 31.5. The molecule has 102 valence electrons. The van der Waals surface area contributed by atoms with E-state index in [-0.39, 0.29) is 12.2 Å². The maximum Gasteiger partial charge on any atom is 0.181 e. The third-order valence-corrected chi connectivity index (χ3v) is 2.82. The molecule has 2 aromatic carbocycles. The average Bonchev–Trinajstić information content (AvgIpc) is 2.48. The lowest BCUT2D eigenvalue weighted by molar-refractivity contribution is 0.413. The van der Waals surface area contributed by atoms with E-state index in [2.05, 4.69) is 5.32 Å². The van der Waals surface area contributed by atoms with Crippen molar-refractivity contribution >= 4 is 5.69 Å². The molecule has 0 aliphatic heterocycles. The Labute approximate surface area is 115 Å². The van der Waals surface area contributed by atoms with Crippen molar-refractivity contribution in [2.45, 2.75) is 6.54 Å². The van der Waals surface area contributed by atoms with Gasteiger partial charge in [-0.3, -0.25) is 0 Å². The van der Waals surface area contributed by atoms with Crippen molar-refractivity contribution in [3.63, 3.8) is 0 Å². The van der Waals surface area contributed by atoms with Gasteiger partial charge < -0.3 is 10.1 Å². The first-order chi connectivity index (χ1) is 9.65. The summed E-state index contributed by atoms with van der Waals surface area (Å²) in [6, 6.07) is 11.0. The fraction of sp³-hybridized carbons (Fsp3) is 0.133. The maximum absolute atomic E-state index is 13.5. The van der Waals surface area contributed by atoms with E-state index in [9.17, 15) is 8.78 Å². The molecule has 1 N–H and O–H groups in total. The highest BCUT2D eigenvalue weighted by Gasteiger charge is 2.08. The molecule has 0 saturated carbocycles. The second-order valence-electron chi connectivity index (χ2n) is 4.10. The molecule has 0 bridgehead atoms. The molecule has 0 unspecified atom stereocenters. The van der Waals surface area contributed by atoms with Crippen molar-refractivity contribution in [3.05, 3.63) is 59.2 Å². The lowest BCUT2D eigenvalue weighted by Gasteiger charge is -2.09. The lowest BCUT2D eigenvalue weighted by atomic mass is 10.1. The summed E-state index contributed by atoms with van der Waals surface area (Å²) >= 11 is 0. The Morgan fingerprint density at radius 1 is 1.25 bits per heavy atom. The summed E-state index contributed by atoms with van der Waals surface area (Å²) in [5.74, 6) is -1.34. The van der Waals surface area contributed by atoms with Crippen molar-refractivity contribution in [3.8, 4) is 11.8 Å². The number of nitriles is 1. The third-order valence-electron chi connectivity index (χ3n) is 2.82. The Morgan fingerprint density at radius 2 is 2.05 bits per heavy atom. The Hall–Kier alpha value is -2.61. The van der Waals surface area contributed by atoms with Gasteiger partial charge in [-0.05, 0) is 29.8 Å². The van der Waals surface area contributed by atoms with Crippen LogP contribution < -0.4 is 10.1 Å². The van der Waals surface area contributed by atoms with Gasteiger partial charge >= 0.3 is 0 Å². The highest BCUT2D eigenvalue weighted by Crippen LogP contribution is 2.21. The van der Waals surface area contributed by atoms with E-state index in [4.69, 9.17) is 10.00 Å². The van der Waals surface area contributed by atoms with Crippen LogP contribution in [0.4, 0.5) is 14.5 Å². The Bertz CT molecular complexity index is 665. The lowest BCUT2D eigenvalue weighted by Crippen LogP contribution is -2.03. The van der Waals surface area contributed by atoms with Crippen LogP contribution in [0.1, 0.15) is 11.1 Å². The van der Waals surface area contributed by atoms with Crippen LogP contribution in [0.25, 0.3) is 0 Å². The van der Waals surface area contributed by atoms with E-state index < -0.39 is 11.6 Å². The van der Waals surface area contributed by atoms with Gasteiger partial charge in [-0.15, -0.1) is 0 Å². The zero-order valence-corrected chi connectivity index (χ0v) is 10.8. The van der Waals surface area contributed by atoms with Crippen molar-refractivity contribution in [1.82, 2.24) is 0 Å². The normalized spacial score (nSPS) is 9.90. The monoisotopic (exact) mass is 274 g/mol. The fourth-order valence-corrected chi connectivity index (χ4v) is 1.79. The van der Waals surface area contributed by atoms with Gasteiger partial charge in [0.1, 0.15) is 11.8 Å². The second-order valence-corrected chi connectivity index (χ2v) is 4.10. The molecule has 3 nitrogen and oxygen atoms in total. The summed E-state index contributed by atoms with van der Waals surface area (Å²) in [6.07, 6.45) is 0. The number of rotatable bonds is 4. The Morgan fingerprint density at radius 3 is 2.75 bits per heavy atom. The zero-order chi connectivity index (χ0) is 14.5. The van der Waals surface area contributed by atoms with E-state index in [1.807, 2.05) is 6.07 Å². The van der Waals surface area contributed by atoms with Gasteiger partial charge in [0.25, 0.3) is 0 Å². The van der Waals surface area contributed by atoms with Gasteiger partial charge in [0.2, 0.25) is 0 Å². The van der Waals surface area contributed by atoms with Crippen LogP contribution in [0.2, 0.25) is 0 Å². The minimum atomic E-state index is -0.915. The van der Waals surface area contributed by atoms with Gasteiger partial charge in [-0.1, -0.05) is 12.1 Å². The molecule has 0 saturated heterocycles. The molecule has 0 aliphatic rings. The summed E-state index contributed by atoms with van der Waals surface area (Å²) in [5, 5.41) is 11.8. The zero-order valence-electron chi connectivity index (χ0n) is 10.8. The summed E-state index contributed by atoms with van der Waals surface area (Å²) in [7, 11) is 1.48. The van der Waals surface area contributed by atoms with Crippen LogP contribution in [0.5, 0.6) is 5.75 Å². The van der Waals surface area contributed by atoms with E-state index in [0.29, 0.717) is 11.3 Å². The van der Waals surface area contributed by atoms with Crippen molar-refractivity contribution in [2.24, 2.45) is 0 Å². The molecule has 2 aromatic rings. The summed E-state index contributed by atoms with van der Waals surface area (Å²) in [4.78, 5) is 0. The fourth-order valence-electron chi connectivity index (χ4n) is 1.79. The second kappa shape index (κ2) is 6.02. The molecule has 0 aliphatic carbocycles. The number of anilines is 1. The number of methoxy groups -OCH3 is 1. The Kier molecular flexibility index (Phi) is 4.16. The largest absolute Gasteiger partial charge is 0.495 e. The van der Waals surface area contributed by atoms with Crippen molar-refractivity contribution in [1.29, 1.82) is 5.26 Å². The SMILES string of the molecule is COc1ccc(CNc2cccc(F)c2F)cc1C#N. The maximum atomic E-state index is 13.5. The van der Waals surface area contributed by atoms with Crippen LogP contribution in [0, 0.1) is 23.0 Å². The molecule has 0 radical (unpaired) electrons. The van der Waals surface area contributed by atoms with E-state index in [1.54, 1.807) is 18.2 Å². The van der Waals surface area contributed by atoms with Crippen LogP contribution in [-0.2, 0) is 6.54 Å². The minimum Gasteiger partial charge on any atom is -0.495 e. The average molecular weight is 274 g/mol. The first kappa shape index (κ1) is 13.8. The molecule has 0 atom stereocenters. The van der Waals surface area contributed by atoms with E-state index in [0.717, 1.165) is 11.6 Å². The topological polar surface area (TPSA) is 45.0 Å². The minimum absolute atomic E-state index is 0.0827. The number of nitrogens with zero attached hydrogens (tertiary/aromatic N) is 1. The molecule has 2 rings (SSSR count). The molecule has 0 fully saturated rings. The molecular formula is C15H12F2N2O. The predicted molar refractivity (Wildman–Crippen MR) is 71.4 cm³/mol. The molecule has 20 heavy (non-hydrogen) atoms. The quantitative estimate of drug-likeness (QED) is 0.928. The first-order valence-corrected chi connectivity index (χ1v) is 5.90. The summed E-state index contributed by atoms with van der Waals surface area (Å²) in [5.41, 5.74) is 1.25. The van der Waals surface area contributed by atoms with Gasteiger partial charge in [-0.25, -0.2) is 8.78 Å². The number of halogens is 2. The van der Waals surface area contributed by atoms with Crippen LogP contribution >= 0.6 is 0 Å². The van der Waals surface area contributed by atoms with E-state index >= 15 is 0 Å². The predicted octanol–water partition coefficient (Wildman–Crippen LogP) is 3.46. The van der Waals surface area contributed by atoms with Crippen LogP contribution in [0.15, 0.2) is 36.4 Å². The highest BCUT2D eigenvalue weighted by atomic mass is 19.2. The van der Waals surface area contributed by atoms with Crippen molar-refractivity contribution in [2.75, 3.05) is 12.4 Å². The van der Waals surface area contributed by atoms with Gasteiger partial charge in [0.05, 0.1) is 18.4 Å². The molecule has 0 aromatic heterocycles. The highest BCUT2D eigenvalue weighted by molar-refractivity contribution is 5.48. The van der Waals surface area contributed by atoms with Crippen molar-refractivity contribution < 1.29 is 13.5 Å².